The molecule has 2 unspecified atom stereocenters. The second kappa shape index (κ2) is 9.59. The number of rotatable bonds is 7. The van der Waals surface area contributed by atoms with Gasteiger partial charge in [0.05, 0.1) is 17.9 Å². The maximum atomic E-state index is 13.4. The van der Waals surface area contributed by atoms with Gasteiger partial charge < -0.3 is 19.5 Å². The number of carbonyl (C=O) groups excluding carboxylic acids is 1. The molecule has 182 valence electrons. The highest BCUT2D eigenvalue weighted by Gasteiger charge is 2.44. The number of amides is 1. The van der Waals surface area contributed by atoms with Gasteiger partial charge in [-0.15, -0.1) is 0 Å². The summed E-state index contributed by atoms with van der Waals surface area (Å²) in [7, 11) is -2.19. The van der Waals surface area contributed by atoms with Crippen molar-refractivity contribution in [1.29, 1.82) is 0 Å². The van der Waals surface area contributed by atoms with E-state index in [-0.39, 0.29) is 43.1 Å². The molecule has 2 atom stereocenters. The topological polar surface area (TPSA) is 94.2 Å². The number of nitrogens with one attached hydrogen (secondary N) is 1. The first-order valence-corrected chi connectivity index (χ1v) is 12.8. The first-order valence-electron chi connectivity index (χ1n) is 11.3. The highest BCUT2D eigenvalue weighted by molar-refractivity contribution is 7.89. The fourth-order valence-electron chi connectivity index (χ4n) is 4.63. The Morgan fingerprint density at radius 1 is 1.00 bits per heavy atom. The lowest BCUT2D eigenvalue weighted by molar-refractivity contribution is -0.125. The van der Waals surface area contributed by atoms with E-state index in [9.17, 15) is 13.2 Å². The number of sulfonamides is 1. The van der Waals surface area contributed by atoms with Crippen molar-refractivity contribution >= 4 is 15.9 Å². The molecule has 0 radical (unpaired) electrons. The maximum Gasteiger partial charge on any atom is 0.243 e. The average Bonchev–Trinajstić information content (AvgIpc) is 3.55. The second-order valence-electron chi connectivity index (χ2n) is 8.50. The third-order valence-corrected chi connectivity index (χ3v) is 8.29. The summed E-state index contributed by atoms with van der Waals surface area (Å²) in [6.07, 6.45) is 0. The number of fused-ring (bicyclic) bond motifs is 1. The first kappa shape index (κ1) is 23.2. The number of benzene rings is 3. The maximum absolute atomic E-state index is 13.4. The Hall–Kier alpha value is -3.56. The Morgan fingerprint density at radius 3 is 2.54 bits per heavy atom. The molecule has 1 saturated heterocycles. The zero-order valence-electron chi connectivity index (χ0n) is 19.2. The fraction of sp³-hybridized carbons (Fsp3) is 0.269. The van der Waals surface area contributed by atoms with Gasteiger partial charge in [-0.2, -0.15) is 4.31 Å². The third kappa shape index (κ3) is 4.56. The molecule has 2 aliphatic rings. The van der Waals surface area contributed by atoms with Gasteiger partial charge in [0, 0.05) is 25.6 Å². The van der Waals surface area contributed by atoms with Crippen LogP contribution in [0.3, 0.4) is 0 Å². The van der Waals surface area contributed by atoms with E-state index < -0.39 is 15.9 Å². The predicted octanol–water partition coefficient (Wildman–Crippen LogP) is 3.14. The molecule has 3 aromatic rings. The molecule has 9 heteroatoms. The number of ether oxygens (including phenoxy) is 3. The van der Waals surface area contributed by atoms with E-state index in [1.807, 2.05) is 42.5 Å². The van der Waals surface area contributed by atoms with E-state index in [1.54, 1.807) is 37.4 Å². The molecule has 5 rings (SSSR count). The standard InChI is InChI=1S/C26H26N2O6S/c1-32-23-10-6-5-9-20(23)21-15-28(35(30,31)19-7-3-2-4-8-19)16-22(21)26(29)27-14-18-11-12-24-25(13-18)34-17-33-24/h2-13,21-22H,14-17H2,1H3,(H,27,29). The van der Waals surface area contributed by atoms with Crippen LogP contribution in [0.1, 0.15) is 17.0 Å². The number of para-hydroxylation sites is 1. The summed E-state index contributed by atoms with van der Waals surface area (Å²) in [4.78, 5) is 13.6. The summed E-state index contributed by atoms with van der Waals surface area (Å²) in [5.41, 5.74) is 1.67. The van der Waals surface area contributed by atoms with Gasteiger partial charge in [0.2, 0.25) is 22.7 Å². The van der Waals surface area contributed by atoms with Crippen molar-refractivity contribution in [2.75, 3.05) is 27.0 Å². The van der Waals surface area contributed by atoms with Gasteiger partial charge in [-0.3, -0.25) is 4.79 Å². The molecule has 1 amide bonds. The van der Waals surface area contributed by atoms with Gasteiger partial charge in [0.1, 0.15) is 5.75 Å². The number of carbonyl (C=O) groups is 1. The summed E-state index contributed by atoms with van der Waals surface area (Å²) in [5.74, 6) is 0.785. The molecule has 35 heavy (non-hydrogen) atoms. The van der Waals surface area contributed by atoms with Crippen molar-refractivity contribution in [2.24, 2.45) is 5.92 Å². The van der Waals surface area contributed by atoms with Crippen molar-refractivity contribution < 1.29 is 27.4 Å². The summed E-state index contributed by atoms with van der Waals surface area (Å²) in [6.45, 7) is 0.724. The Kier molecular flexibility index (Phi) is 6.36. The Labute approximate surface area is 204 Å². The van der Waals surface area contributed by atoms with Crippen LogP contribution in [0.25, 0.3) is 0 Å². The molecule has 0 bridgehead atoms. The van der Waals surface area contributed by atoms with E-state index in [2.05, 4.69) is 5.32 Å². The second-order valence-corrected chi connectivity index (χ2v) is 10.4. The highest BCUT2D eigenvalue weighted by atomic mass is 32.2. The minimum Gasteiger partial charge on any atom is -0.496 e. The molecular formula is C26H26N2O6S. The van der Waals surface area contributed by atoms with Crippen LogP contribution in [0.15, 0.2) is 77.7 Å². The average molecular weight is 495 g/mol. The molecule has 0 spiro atoms. The van der Waals surface area contributed by atoms with Gasteiger partial charge in [-0.25, -0.2) is 8.42 Å². The molecule has 0 aromatic heterocycles. The number of nitrogens with zero attached hydrogens (tertiary/aromatic N) is 1. The van der Waals surface area contributed by atoms with Crippen LogP contribution in [0.2, 0.25) is 0 Å². The summed E-state index contributed by atoms with van der Waals surface area (Å²) in [5, 5.41) is 2.98. The zero-order valence-corrected chi connectivity index (χ0v) is 20.0. The number of hydrogen-bond donors (Lipinski definition) is 1. The summed E-state index contributed by atoms with van der Waals surface area (Å²) >= 11 is 0. The molecule has 1 N–H and O–H groups in total. The van der Waals surface area contributed by atoms with E-state index >= 15 is 0 Å². The normalized spacial score (nSPS) is 19.5. The third-order valence-electron chi connectivity index (χ3n) is 6.45. The number of hydrogen-bond acceptors (Lipinski definition) is 6. The molecule has 2 heterocycles. The van der Waals surface area contributed by atoms with Crippen molar-refractivity contribution in [1.82, 2.24) is 9.62 Å². The summed E-state index contributed by atoms with van der Waals surface area (Å²) < 4.78 is 44.4. The first-order chi connectivity index (χ1) is 17.0. The van der Waals surface area contributed by atoms with E-state index in [1.165, 1.54) is 4.31 Å². The number of methoxy groups -OCH3 is 1. The Balaban J connectivity index is 1.40. The molecular weight excluding hydrogens is 468 g/mol. The van der Waals surface area contributed by atoms with Crippen LogP contribution in [-0.2, 0) is 21.4 Å². The lowest BCUT2D eigenvalue weighted by atomic mass is 9.87. The predicted molar refractivity (Wildman–Crippen MR) is 129 cm³/mol. The van der Waals surface area contributed by atoms with E-state index in [0.29, 0.717) is 17.2 Å². The van der Waals surface area contributed by atoms with Gasteiger partial charge in [0.25, 0.3) is 0 Å². The van der Waals surface area contributed by atoms with Crippen LogP contribution in [0.5, 0.6) is 17.2 Å². The lowest BCUT2D eigenvalue weighted by Gasteiger charge is -2.20. The highest BCUT2D eigenvalue weighted by Crippen LogP contribution is 2.40. The fourth-order valence-corrected chi connectivity index (χ4v) is 6.14. The largest absolute Gasteiger partial charge is 0.496 e. The van der Waals surface area contributed by atoms with Gasteiger partial charge in [0.15, 0.2) is 11.5 Å². The van der Waals surface area contributed by atoms with Gasteiger partial charge >= 0.3 is 0 Å². The van der Waals surface area contributed by atoms with Crippen molar-refractivity contribution in [3.63, 3.8) is 0 Å². The molecule has 2 aliphatic heterocycles. The molecule has 0 saturated carbocycles. The minimum absolute atomic E-state index is 0.0763. The van der Waals surface area contributed by atoms with Crippen LogP contribution in [0, 0.1) is 5.92 Å². The van der Waals surface area contributed by atoms with Crippen LogP contribution in [0.4, 0.5) is 0 Å². The monoisotopic (exact) mass is 494 g/mol. The molecule has 1 fully saturated rings. The van der Waals surface area contributed by atoms with Crippen LogP contribution < -0.4 is 19.5 Å². The quantitative estimate of drug-likeness (QED) is 0.542. The SMILES string of the molecule is COc1ccccc1C1CN(S(=O)(=O)c2ccccc2)CC1C(=O)NCc1ccc2c(c1)OCO2. The van der Waals surface area contributed by atoms with Crippen LogP contribution in [-0.4, -0.2) is 45.6 Å². The van der Waals surface area contributed by atoms with E-state index in [4.69, 9.17) is 14.2 Å². The Morgan fingerprint density at radius 2 is 1.74 bits per heavy atom. The smallest absolute Gasteiger partial charge is 0.243 e. The zero-order chi connectivity index (χ0) is 24.4. The van der Waals surface area contributed by atoms with Gasteiger partial charge in [-0.05, 0) is 41.5 Å². The summed E-state index contributed by atoms with van der Waals surface area (Å²) in [6, 6.07) is 21.2. The molecule has 0 aliphatic carbocycles. The van der Waals surface area contributed by atoms with Gasteiger partial charge in [-0.1, -0.05) is 42.5 Å². The molecule has 3 aromatic carbocycles. The minimum atomic E-state index is -3.76. The van der Waals surface area contributed by atoms with Crippen LogP contribution >= 0.6 is 0 Å². The van der Waals surface area contributed by atoms with E-state index in [0.717, 1.165) is 11.1 Å². The van der Waals surface area contributed by atoms with Crippen molar-refractivity contribution in [3.05, 3.63) is 83.9 Å². The Bertz CT molecular complexity index is 1330. The van der Waals surface area contributed by atoms with Crippen molar-refractivity contribution in [2.45, 2.75) is 17.4 Å². The molecule has 8 nitrogen and oxygen atoms in total. The van der Waals surface area contributed by atoms with Crippen molar-refractivity contribution in [3.8, 4) is 17.2 Å². The lowest BCUT2D eigenvalue weighted by Crippen LogP contribution is -2.35.